The van der Waals surface area contributed by atoms with Gasteiger partial charge in [-0.2, -0.15) is 0 Å². The average molecular weight is 365 g/mol. The van der Waals surface area contributed by atoms with Gasteiger partial charge in [0.15, 0.2) is 11.7 Å². The minimum absolute atomic E-state index is 0.0668. The van der Waals surface area contributed by atoms with E-state index in [0.29, 0.717) is 16.3 Å². The highest BCUT2D eigenvalue weighted by atomic mass is 32.2. The SMILES string of the molecule is CC(C)NC(=O)NC(=O)[C@@H](C)OC(=O)CSc1nc2ccccc2o1. The molecule has 0 saturated carbocycles. The van der Waals surface area contributed by atoms with E-state index < -0.39 is 24.0 Å². The Balaban J connectivity index is 1.78. The fourth-order valence-corrected chi connectivity index (χ4v) is 2.45. The van der Waals surface area contributed by atoms with Crippen molar-refractivity contribution in [3.8, 4) is 0 Å². The molecule has 1 aromatic heterocycles. The van der Waals surface area contributed by atoms with E-state index in [0.717, 1.165) is 11.8 Å². The quantitative estimate of drug-likeness (QED) is 0.595. The predicted molar refractivity (Wildman–Crippen MR) is 92.1 cm³/mol. The summed E-state index contributed by atoms with van der Waals surface area (Å²) in [5, 5.41) is 4.95. The van der Waals surface area contributed by atoms with Crippen molar-refractivity contribution in [1.29, 1.82) is 0 Å². The molecule has 0 aliphatic carbocycles. The van der Waals surface area contributed by atoms with E-state index in [1.807, 2.05) is 12.1 Å². The fraction of sp³-hybridized carbons (Fsp3) is 0.375. The molecule has 1 aromatic carbocycles. The summed E-state index contributed by atoms with van der Waals surface area (Å²) < 4.78 is 10.5. The third kappa shape index (κ3) is 5.79. The van der Waals surface area contributed by atoms with Gasteiger partial charge in [0.2, 0.25) is 0 Å². The Kier molecular flexibility index (Phi) is 6.40. The topological polar surface area (TPSA) is 111 Å². The van der Waals surface area contributed by atoms with Crippen molar-refractivity contribution in [2.24, 2.45) is 0 Å². The zero-order chi connectivity index (χ0) is 18.4. The number of nitrogens with one attached hydrogen (secondary N) is 2. The van der Waals surface area contributed by atoms with Gasteiger partial charge in [-0.15, -0.1) is 0 Å². The van der Waals surface area contributed by atoms with Crippen molar-refractivity contribution in [3.05, 3.63) is 24.3 Å². The number of oxazole rings is 1. The predicted octanol–water partition coefficient (Wildman–Crippen LogP) is 2.09. The summed E-state index contributed by atoms with van der Waals surface area (Å²) in [5.41, 5.74) is 1.32. The maximum atomic E-state index is 11.8. The maximum Gasteiger partial charge on any atom is 0.321 e. The summed E-state index contributed by atoms with van der Waals surface area (Å²) in [4.78, 5) is 39.3. The van der Waals surface area contributed by atoms with E-state index in [9.17, 15) is 14.4 Å². The molecule has 0 aliphatic rings. The molecule has 2 N–H and O–H groups in total. The molecule has 0 unspecified atom stereocenters. The van der Waals surface area contributed by atoms with E-state index in [2.05, 4.69) is 15.6 Å². The molecule has 0 fully saturated rings. The number of aromatic nitrogens is 1. The molecule has 8 nitrogen and oxygen atoms in total. The molecule has 25 heavy (non-hydrogen) atoms. The first-order valence-corrected chi connectivity index (χ1v) is 8.63. The van der Waals surface area contributed by atoms with Gasteiger partial charge in [-0.3, -0.25) is 14.9 Å². The minimum Gasteiger partial charge on any atom is -0.452 e. The molecule has 134 valence electrons. The highest BCUT2D eigenvalue weighted by Gasteiger charge is 2.20. The van der Waals surface area contributed by atoms with Gasteiger partial charge in [-0.1, -0.05) is 23.9 Å². The number of imide groups is 1. The number of benzene rings is 1. The molecule has 1 heterocycles. The van der Waals surface area contributed by atoms with Crippen molar-refractivity contribution in [1.82, 2.24) is 15.6 Å². The zero-order valence-corrected chi connectivity index (χ0v) is 14.9. The molecular formula is C16H19N3O5S. The van der Waals surface area contributed by atoms with Crippen LogP contribution in [0.25, 0.3) is 11.1 Å². The van der Waals surface area contributed by atoms with Crippen LogP contribution in [0.2, 0.25) is 0 Å². The fourth-order valence-electron chi connectivity index (χ4n) is 1.83. The first-order valence-electron chi connectivity index (χ1n) is 7.64. The van der Waals surface area contributed by atoms with Crippen LogP contribution in [0.4, 0.5) is 4.79 Å². The Bertz CT molecular complexity index is 741. The van der Waals surface area contributed by atoms with Crippen LogP contribution in [0.3, 0.4) is 0 Å². The molecule has 2 aromatic rings. The van der Waals surface area contributed by atoms with E-state index in [1.165, 1.54) is 6.92 Å². The molecule has 0 saturated heterocycles. The van der Waals surface area contributed by atoms with Gasteiger partial charge in [0.25, 0.3) is 11.1 Å². The molecule has 9 heteroatoms. The number of nitrogens with zero attached hydrogens (tertiary/aromatic N) is 1. The van der Waals surface area contributed by atoms with Gasteiger partial charge in [0, 0.05) is 6.04 Å². The first kappa shape index (κ1) is 18.8. The number of urea groups is 1. The number of amides is 3. The smallest absolute Gasteiger partial charge is 0.321 e. The Labute approximate surface area is 148 Å². The summed E-state index contributed by atoms with van der Waals surface area (Å²) in [7, 11) is 0. The van der Waals surface area contributed by atoms with Crippen LogP contribution in [0.15, 0.2) is 33.9 Å². The average Bonchev–Trinajstić information content (AvgIpc) is 2.94. The highest BCUT2D eigenvalue weighted by Crippen LogP contribution is 2.23. The lowest BCUT2D eigenvalue weighted by Gasteiger charge is -2.14. The number of fused-ring (bicyclic) bond motifs is 1. The van der Waals surface area contributed by atoms with Crippen LogP contribution in [0.1, 0.15) is 20.8 Å². The van der Waals surface area contributed by atoms with Gasteiger partial charge in [0.05, 0.1) is 0 Å². The Morgan fingerprint density at radius 3 is 2.64 bits per heavy atom. The van der Waals surface area contributed by atoms with E-state index in [-0.39, 0.29) is 11.8 Å². The number of hydrogen-bond donors (Lipinski definition) is 2. The first-order chi connectivity index (χ1) is 11.8. The standard InChI is InChI=1S/C16H19N3O5S/c1-9(2)17-15(22)19-14(21)10(3)23-13(20)8-25-16-18-11-6-4-5-7-12(11)24-16/h4-7,9-10H,8H2,1-3H3,(H2,17,19,21,22)/t10-/m1/s1. The summed E-state index contributed by atoms with van der Waals surface area (Å²) in [6, 6.07) is 6.49. The van der Waals surface area contributed by atoms with Gasteiger partial charge in [-0.05, 0) is 32.9 Å². The normalized spacial score (nSPS) is 12.0. The molecular weight excluding hydrogens is 346 g/mol. The number of carbonyl (C=O) groups is 3. The number of hydrogen-bond acceptors (Lipinski definition) is 7. The third-order valence-electron chi connectivity index (χ3n) is 2.92. The summed E-state index contributed by atoms with van der Waals surface area (Å²) in [6.07, 6.45) is -1.09. The Hall–Kier alpha value is -2.55. The Morgan fingerprint density at radius 1 is 1.24 bits per heavy atom. The van der Waals surface area contributed by atoms with Crippen LogP contribution in [0.5, 0.6) is 0 Å². The number of para-hydroxylation sites is 2. The van der Waals surface area contributed by atoms with Crippen LogP contribution in [-0.2, 0) is 14.3 Å². The largest absolute Gasteiger partial charge is 0.452 e. The third-order valence-corrected chi connectivity index (χ3v) is 3.72. The molecule has 0 radical (unpaired) electrons. The number of thioether (sulfide) groups is 1. The molecule has 3 amide bonds. The van der Waals surface area contributed by atoms with Crippen molar-refractivity contribution < 1.29 is 23.5 Å². The summed E-state index contributed by atoms with van der Waals surface area (Å²) in [6.45, 7) is 4.91. The maximum absolute atomic E-state index is 11.8. The van der Waals surface area contributed by atoms with E-state index in [1.54, 1.807) is 26.0 Å². The van der Waals surface area contributed by atoms with Crippen molar-refractivity contribution in [2.45, 2.75) is 38.1 Å². The second-order valence-corrected chi connectivity index (χ2v) is 6.41. The van der Waals surface area contributed by atoms with E-state index in [4.69, 9.17) is 9.15 Å². The molecule has 0 spiro atoms. The van der Waals surface area contributed by atoms with E-state index >= 15 is 0 Å². The van der Waals surface area contributed by atoms with Crippen molar-refractivity contribution in [2.75, 3.05) is 5.75 Å². The van der Waals surface area contributed by atoms with Crippen LogP contribution in [0, 0.1) is 0 Å². The van der Waals surface area contributed by atoms with Gasteiger partial charge in [0.1, 0.15) is 11.3 Å². The second-order valence-electron chi connectivity index (χ2n) is 5.49. The summed E-state index contributed by atoms with van der Waals surface area (Å²) in [5.74, 6) is -1.37. The van der Waals surface area contributed by atoms with Gasteiger partial charge >= 0.3 is 12.0 Å². The number of esters is 1. The number of rotatable bonds is 6. The highest BCUT2D eigenvalue weighted by molar-refractivity contribution is 7.99. The summed E-state index contributed by atoms with van der Waals surface area (Å²) >= 11 is 1.07. The lowest BCUT2D eigenvalue weighted by molar-refractivity contribution is -0.151. The molecule has 2 rings (SSSR count). The second kappa shape index (κ2) is 8.52. The molecule has 0 bridgehead atoms. The van der Waals surface area contributed by atoms with Crippen LogP contribution in [-0.4, -0.2) is 40.8 Å². The van der Waals surface area contributed by atoms with Crippen molar-refractivity contribution in [3.63, 3.8) is 0 Å². The number of carbonyl (C=O) groups excluding carboxylic acids is 3. The van der Waals surface area contributed by atoms with Crippen molar-refractivity contribution >= 4 is 40.8 Å². The number of ether oxygens (including phenoxy) is 1. The minimum atomic E-state index is -1.09. The molecule has 0 aliphatic heterocycles. The van der Waals surface area contributed by atoms with Gasteiger partial charge < -0.3 is 14.5 Å². The monoisotopic (exact) mass is 365 g/mol. The van der Waals surface area contributed by atoms with Gasteiger partial charge in [-0.25, -0.2) is 9.78 Å². The van der Waals surface area contributed by atoms with Crippen LogP contribution < -0.4 is 10.6 Å². The lowest BCUT2D eigenvalue weighted by atomic mass is 10.3. The lowest BCUT2D eigenvalue weighted by Crippen LogP contribution is -2.46. The molecule has 1 atom stereocenters. The Morgan fingerprint density at radius 2 is 1.96 bits per heavy atom. The zero-order valence-electron chi connectivity index (χ0n) is 14.1. The van der Waals surface area contributed by atoms with Crippen LogP contribution >= 0.6 is 11.8 Å².